The molecule has 3 atom stereocenters. The number of ether oxygens (including phenoxy) is 3. The highest BCUT2D eigenvalue weighted by Crippen LogP contribution is 2.34. The number of carbonyl (C=O) groups is 1. The zero-order chi connectivity index (χ0) is 30.0. The van der Waals surface area contributed by atoms with Crippen LogP contribution in [-0.4, -0.2) is 74.9 Å². The van der Waals surface area contributed by atoms with Crippen molar-refractivity contribution >= 4 is 21.6 Å². The Morgan fingerprint density at radius 1 is 1.05 bits per heavy atom. The number of amides is 1. The average molecular weight is 596 g/mol. The van der Waals surface area contributed by atoms with Gasteiger partial charge in [-0.15, -0.1) is 0 Å². The molecule has 2 aliphatic heterocycles. The molecule has 0 aliphatic carbocycles. The summed E-state index contributed by atoms with van der Waals surface area (Å²) in [5.41, 5.74) is 2.49. The highest BCUT2D eigenvalue weighted by atomic mass is 32.2. The van der Waals surface area contributed by atoms with Gasteiger partial charge in [-0.1, -0.05) is 30.7 Å². The first kappa shape index (κ1) is 29.7. The molecule has 2 heterocycles. The third kappa shape index (κ3) is 6.48. The second-order valence-corrected chi connectivity index (χ2v) is 12.8. The molecule has 0 saturated carbocycles. The summed E-state index contributed by atoms with van der Waals surface area (Å²) >= 11 is 0. The Labute approximate surface area is 246 Å². The number of aliphatic hydroxyl groups excluding tert-OH is 1. The van der Waals surface area contributed by atoms with Crippen LogP contribution in [0.15, 0.2) is 65.6 Å². The highest BCUT2D eigenvalue weighted by Gasteiger charge is 2.34. The Hall–Kier alpha value is -3.80. The van der Waals surface area contributed by atoms with Crippen LogP contribution >= 0.6 is 0 Å². The van der Waals surface area contributed by atoms with E-state index in [9.17, 15) is 18.3 Å². The summed E-state index contributed by atoms with van der Waals surface area (Å²) in [6.45, 7) is 7.28. The Bertz CT molecular complexity index is 1540. The van der Waals surface area contributed by atoms with E-state index in [1.807, 2.05) is 39.1 Å². The maximum atomic E-state index is 13.7. The van der Waals surface area contributed by atoms with Gasteiger partial charge in [0.2, 0.25) is 6.79 Å². The summed E-state index contributed by atoms with van der Waals surface area (Å²) in [5, 5.41) is 9.95. The molecule has 224 valence electrons. The minimum atomic E-state index is -3.87. The Morgan fingerprint density at radius 3 is 2.50 bits per heavy atom. The van der Waals surface area contributed by atoms with Gasteiger partial charge in [0.1, 0.15) is 11.9 Å². The maximum absolute atomic E-state index is 13.7. The number of fused-ring (bicyclic) bond motifs is 2. The summed E-state index contributed by atoms with van der Waals surface area (Å²) in [5.74, 6) is 1.43. The van der Waals surface area contributed by atoms with E-state index in [1.54, 1.807) is 36.1 Å². The molecule has 1 amide bonds. The molecule has 0 aromatic heterocycles. The van der Waals surface area contributed by atoms with Crippen LogP contribution in [0.25, 0.3) is 0 Å². The highest BCUT2D eigenvalue weighted by molar-refractivity contribution is 7.92. The van der Waals surface area contributed by atoms with E-state index < -0.39 is 16.1 Å². The largest absolute Gasteiger partial charge is 0.488 e. The number of nitrogens with zero attached hydrogens (tertiary/aromatic N) is 2. The topological polar surface area (TPSA) is 118 Å². The predicted molar refractivity (Wildman–Crippen MR) is 158 cm³/mol. The predicted octanol–water partition coefficient (Wildman–Crippen LogP) is 3.88. The summed E-state index contributed by atoms with van der Waals surface area (Å²) in [6.07, 6.45) is -0.292. The monoisotopic (exact) mass is 595 g/mol. The van der Waals surface area contributed by atoms with Crippen LogP contribution in [0.4, 0.5) is 5.69 Å². The standard InChI is InChI=1S/C31H37N3O7S/c1-20-5-9-25(10-6-20)42(37,38)32-24-8-12-27-26(14-24)31(36)34(22(3)18-35)15-21(2)30(41-27)17-33(4)16-23-7-11-28-29(13-23)40-19-39-28/h5-14,21-22,30,32,35H,15-19H2,1-4H3/t21-,22-,30+/m1/s1. The van der Waals surface area contributed by atoms with Crippen LogP contribution in [0, 0.1) is 12.8 Å². The lowest BCUT2D eigenvalue weighted by molar-refractivity contribution is 0.0341. The van der Waals surface area contributed by atoms with Crippen LogP contribution in [0.1, 0.15) is 35.3 Å². The quantitative estimate of drug-likeness (QED) is 0.383. The van der Waals surface area contributed by atoms with E-state index in [0.717, 1.165) is 22.6 Å². The fourth-order valence-corrected chi connectivity index (χ4v) is 6.21. The summed E-state index contributed by atoms with van der Waals surface area (Å²) in [7, 11) is -1.87. The van der Waals surface area contributed by atoms with Gasteiger partial charge in [0.05, 0.1) is 23.1 Å². The molecule has 42 heavy (non-hydrogen) atoms. The Balaban J connectivity index is 1.40. The van der Waals surface area contributed by atoms with E-state index >= 15 is 0 Å². The summed E-state index contributed by atoms with van der Waals surface area (Å²) < 4.78 is 46.1. The van der Waals surface area contributed by atoms with E-state index in [2.05, 4.69) is 9.62 Å². The number of sulfonamides is 1. The van der Waals surface area contributed by atoms with Gasteiger partial charge in [0.25, 0.3) is 15.9 Å². The number of hydrogen-bond acceptors (Lipinski definition) is 8. The van der Waals surface area contributed by atoms with Crippen LogP contribution in [0.5, 0.6) is 17.2 Å². The second kappa shape index (κ2) is 12.2. The van der Waals surface area contributed by atoms with Crippen LogP contribution in [-0.2, 0) is 16.6 Å². The van der Waals surface area contributed by atoms with Crippen LogP contribution in [0.3, 0.4) is 0 Å². The van der Waals surface area contributed by atoms with Gasteiger partial charge in [0, 0.05) is 31.2 Å². The third-order valence-electron chi connectivity index (χ3n) is 7.63. The molecular formula is C31H37N3O7S. The lowest BCUT2D eigenvalue weighted by Crippen LogP contribution is -2.49. The number of hydrogen-bond donors (Lipinski definition) is 2. The normalized spacial score (nSPS) is 19.1. The number of carbonyl (C=O) groups excluding carboxylic acids is 1. The molecule has 0 fully saturated rings. The van der Waals surface area contributed by atoms with Gasteiger partial charge < -0.3 is 24.2 Å². The van der Waals surface area contributed by atoms with E-state index in [4.69, 9.17) is 14.2 Å². The molecule has 0 saturated heterocycles. The van der Waals surface area contributed by atoms with Crippen molar-refractivity contribution < 1.29 is 32.5 Å². The van der Waals surface area contributed by atoms with Crippen LogP contribution < -0.4 is 18.9 Å². The molecule has 0 bridgehead atoms. The van der Waals surface area contributed by atoms with Crippen molar-refractivity contribution in [3.8, 4) is 17.2 Å². The molecule has 3 aromatic rings. The zero-order valence-electron chi connectivity index (χ0n) is 24.2. The molecule has 3 aromatic carbocycles. The Morgan fingerprint density at radius 2 is 1.76 bits per heavy atom. The molecule has 5 rings (SSSR count). The van der Waals surface area contributed by atoms with Gasteiger partial charge in [-0.25, -0.2) is 8.42 Å². The molecule has 2 N–H and O–H groups in total. The molecule has 10 nitrogen and oxygen atoms in total. The number of aryl methyl sites for hydroxylation is 1. The maximum Gasteiger partial charge on any atom is 0.261 e. The lowest BCUT2D eigenvalue weighted by Gasteiger charge is -2.38. The van der Waals surface area contributed by atoms with Crippen molar-refractivity contribution in [1.82, 2.24) is 9.80 Å². The molecule has 11 heteroatoms. The summed E-state index contributed by atoms with van der Waals surface area (Å²) in [4.78, 5) is 17.6. The number of aliphatic hydroxyl groups is 1. The first-order chi connectivity index (χ1) is 20.0. The first-order valence-electron chi connectivity index (χ1n) is 13.9. The number of benzene rings is 3. The zero-order valence-corrected chi connectivity index (χ0v) is 25.1. The first-order valence-corrected chi connectivity index (χ1v) is 15.4. The lowest BCUT2D eigenvalue weighted by atomic mass is 9.99. The van der Waals surface area contributed by atoms with Crippen molar-refractivity contribution in [3.05, 3.63) is 77.4 Å². The van der Waals surface area contributed by atoms with Crippen molar-refractivity contribution in [2.75, 3.05) is 38.3 Å². The van der Waals surface area contributed by atoms with Gasteiger partial charge in [-0.3, -0.25) is 14.4 Å². The van der Waals surface area contributed by atoms with Gasteiger partial charge in [0.15, 0.2) is 11.5 Å². The van der Waals surface area contributed by atoms with E-state index in [0.29, 0.717) is 25.4 Å². The number of nitrogens with one attached hydrogen (secondary N) is 1. The fraction of sp³-hybridized carbons (Fsp3) is 0.387. The SMILES string of the molecule is Cc1ccc(S(=O)(=O)Nc2ccc3c(c2)C(=O)N([C@H](C)CO)C[C@@H](C)[C@H](CN(C)Cc2ccc4c(c2)OCO4)O3)cc1. The Kier molecular flexibility index (Phi) is 8.63. The second-order valence-electron chi connectivity index (χ2n) is 11.1. The van der Waals surface area contributed by atoms with Crippen molar-refractivity contribution in [3.63, 3.8) is 0 Å². The van der Waals surface area contributed by atoms with Crippen LogP contribution in [0.2, 0.25) is 0 Å². The molecular weight excluding hydrogens is 558 g/mol. The fourth-order valence-electron chi connectivity index (χ4n) is 5.16. The van der Waals surface area contributed by atoms with Gasteiger partial charge in [-0.2, -0.15) is 0 Å². The minimum Gasteiger partial charge on any atom is -0.488 e. The molecule has 0 unspecified atom stereocenters. The van der Waals surface area contributed by atoms with Gasteiger partial charge >= 0.3 is 0 Å². The van der Waals surface area contributed by atoms with E-state index in [1.165, 1.54) is 18.2 Å². The molecule has 0 radical (unpaired) electrons. The summed E-state index contributed by atoms with van der Waals surface area (Å²) in [6, 6.07) is 16.7. The number of anilines is 1. The molecule has 2 aliphatic rings. The minimum absolute atomic E-state index is 0.0602. The van der Waals surface area contributed by atoms with Crippen molar-refractivity contribution in [2.24, 2.45) is 5.92 Å². The van der Waals surface area contributed by atoms with E-state index in [-0.39, 0.29) is 47.5 Å². The van der Waals surface area contributed by atoms with Gasteiger partial charge in [-0.05, 0) is 68.9 Å². The number of rotatable bonds is 9. The average Bonchev–Trinajstić information content (AvgIpc) is 3.43. The number of likely N-dealkylation sites (N-methyl/N-ethyl adjacent to an activating group) is 1. The van der Waals surface area contributed by atoms with Crippen molar-refractivity contribution in [2.45, 2.75) is 44.4 Å². The molecule has 0 spiro atoms. The third-order valence-corrected chi connectivity index (χ3v) is 9.03. The smallest absolute Gasteiger partial charge is 0.261 e. The van der Waals surface area contributed by atoms with Crippen molar-refractivity contribution in [1.29, 1.82) is 0 Å².